The van der Waals surface area contributed by atoms with E-state index in [0.29, 0.717) is 6.07 Å². The standard InChI is InChI=1S/C13H11F3N4O3S/c14-13(15,16)7-5-8-10(9(6-7)20(22)23)24-12(18-11(8)21)19-3-1-17-2-4-19/h5-6,17H,1-4H2/i1D2,2D2,3D2,4D2. The lowest BCUT2D eigenvalue weighted by molar-refractivity contribution is -0.383. The number of hydrogen-bond acceptors (Lipinski definition) is 7. The molecule has 128 valence electrons. The Labute approximate surface area is 148 Å². The molecular weight excluding hydrogens is 349 g/mol. The number of alkyl halides is 3. The Bertz CT molecular complexity index is 1160. The molecule has 0 saturated carbocycles. The SMILES string of the molecule is [2H]C1([2H])NC([2H])([2H])C([2H])([2H])N(c2nc(=O)c3cc(C(F)(F)F)cc([N+](=O)[O-])c3s2)C1([2H])[2H]. The Morgan fingerprint density at radius 1 is 1.38 bits per heavy atom. The Kier molecular flexibility index (Phi) is 2.31. The minimum Gasteiger partial charge on any atom is -0.345 e. The zero-order valence-corrected chi connectivity index (χ0v) is 12.1. The van der Waals surface area contributed by atoms with Gasteiger partial charge < -0.3 is 10.2 Å². The van der Waals surface area contributed by atoms with E-state index < -0.39 is 69.1 Å². The number of aromatic nitrogens is 1. The van der Waals surface area contributed by atoms with Crippen LogP contribution in [-0.2, 0) is 6.18 Å². The number of rotatable bonds is 2. The lowest BCUT2D eigenvalue weighted by atomic mass is 10.1. The van der Waals surface area contributed by atoms with E-state index in [9.17, 15) is 28.1 Å². The number of nitrogens with one attached hydrogen (secondary N) is 1. The molecule has 24 heavy (non-hydrogen) atoms. The van der Waals surface area contributed by atoms with Crippen molar-refractivity contribution < 1.29 is 29.1 Å². The van der Waals surface area contributed by atoms with E-state index in [1.807, 2.05) is 0 Å². The second-order valence-electron chi connectivity index (χ2n) is 4.36. The monoisotopic (exact) mass is 368 g/mol. The fourth-order valence-corrected chi connectivity index (χ4v) is 2.85. The summed E-state index contributed by atoms with van der Waals surface area (Å²) in [6, 6.07) is 0.444. The van der Waals surface area contributed by atoms with E-state index in [2.05, 4.69) is 4.98 Å². The molecule has 1 N–H and O–H groups in total. The second-order valence-corrected chi connectivity index (χ2v) is 5.34. The number of benzene rings is 1. The van der Waals surface area contributed by atoms with E-state index in [-0.39, 0.29) is 22.3 Å². The van der Waals surface area contributed by atoms with Crippen LogP contribution in [0.1, 0.15) is 16.5 Å². The minimum absolute atomic E-state index is 0.0526. The molecular formula is C13H11F3N4O3S. The molecule has 1 fully saturated rings. The van der Waals surface area contributed by atoms with Gasteiger partial charge in [-0.05, 0) is 6.07 Å². The maximum atomic E-state index is 13.1. The van der Waals surface area contributed by atoms with E-state index in [4.69, 9.17) is 11.0 Å². The van der Waals surface area contributed by atoms with Crippen LogP contribution >= 0.6 is 11.3 Å². The third-order valence-corrected chi connectivity index (χ3v) is 3.96. The quantitative estimate of drug-likeness (QED) is 0.644. The molecule has 3 rings (SSSR count). The van der Waals surface area contributed by atoms with Gasteiger partial charge in [-0.15, -0.1) is 0 Å². The highest BCUT2D eigenvalue weighted by molar-refractivity contribution is 7.22. The van der Waals surface area contributed by atoms with Gasteiger partial charge in [0.05, 0.1) is 21.4 Å². The Morgan fingerprint density at radius 2 is 2.04 bits per heavy atom. The van der Waals surface area contributed by atoms with E-state index >= 15 is 0 Å². The van der Waals surface area contributed by atoms with Crippen molar-refractivity contribution in [2.24, 2.45) is 0 Å². The van der Waals surface area contributed by atoms with Crippen molar-refractivity contribution in [2.45, 2.75) is 6.18 Å². The van der Waals surface area contributed by atoms with Gasteiger partial charge in [-0.2, -0.15) is 18.2 Å². The van der Waals surface area contributed by atoms with Crippen LogP contribution in [0.2, 0.25) is 0 Å². The van der Waals surface area contributed by atoms with Crippen molar-refractivity contribution in [2.75, 3.05) is 30.9 Å². The van der Waals surface area contributed by atoms with Crippen LogP contribution in [-0.4, -0.2) is 35.9 Å². The number of fused-ring (bicyclic) bond motifs is 1. The third-order valence-electron chi connectivity index (χ3n) is 2.87. The van der Waals surface area contributed by atoms with Gasteiger partial charge in [0.25, 0.3) is 11.2 Å². The molecule has 1 aromatic carbocycles. The van der Waals surface area contributed by atoms with Crippen molar-refractivity contribution >= 4 is 32.2 Å². The molecule has 0 unspecified atom stereocenters. The second kappa shape index (κ2) is 5.98. The molecule has 0 atom stereocenters. The Balaban J connectivity index is 2.40. The molecule has 0 radical (unpaired) electrons. The van der Waals surface area contributed by atoms with E-state index in [1.165, 1.54) is 0 Å². The van der Waals surface area contributed by atoms with Crippen LogP contribution in [0.4, 0.5) is 24.0 Å². The van der Waals surface area contributed by atoms with Crippen LogP contribution in [0.5, 0.6) is 0 Å². The first kappa shape index (κ1) is 9.28. The highest BCUT2D eigenvalue weighted by Gasteiger charge is 2.34. The number of piperazine rings is 1. The van der Waals surface area contributed by atoms with Crippen molar-refractivity contribution in [1.82, 2.24) is 10.3 Å². The summed E-state index contributed by atoms with van der Waals surface area (Å²) in [5, 5.41) is 11.1. The van der Waals surface area contributed by atoms with Gasteiger partial charge in [-0.1, -0.05) is 11.3 Å². The topological polar surface area (TPSA) is 88.4 Å². The predicted octanol–water partition coefficient (Wildman–Crippen LogP) is 1.99. The summed E-state index contributed by atoms with van der Waals surface area (Å²) in [7, 11) is 0. The number of nitrogens with zero attached hydrogens (tertiary/aromatic N) is 3. The number of anilines is 1. The van der Waals surface area contributed by atoms with Crippen molar-refractivity contribution in [3.8, 4) is 0 Å². The van der Waals surface area contributed by atoms with Gasteiger partial charge in [0.2, 0.25) is 0 Å². The summed E-state index contributed by atoms with van der Waals surface area (Å²) in [5.41, 5.74) is -4.21. The lowest BCUT2D eigenvalue weighted by Crippen LogP contribution is -2.44. The van der Waals surface area contributed by atoms with Crippen LogP contribution < -0.4 is 15.8 Å². The molecule has 1 saturated heterocycles. The van der Waals surface area contributed by atoms with Crippen LogP contribution in [0.3, 0.4) is 0 Å². The van der Waals surface area contributed by atoms with Gasteiger partial charge in [0.15, 0.2) is 5.13 Å². The van der Waals surface area contributed by atoms with Crippen LogP contribution in [0.25, 0.3) is 10.1 Å². The fraction of sp³-hybridized carbons (Fsp3) is 0.385. The maximum Gasteiger partial charge on any atom is 0.416 e. The zero-order chi connectivity index (χ0) is 24.7. The average Bonchev–Trinajstić information content (AvgIpc) is 2.57. The zero-order valence-electron chi connectivity index (χ0n) is 19.3. The smallest absolute Gasteiger partial charge is 0.345 e. The Hall–Kier alpha value is -2.27. The van der Waals surface area contributed by atoms with Gasteiger partial charge in [-0.25, -0.2) is 0 Å². The summed E-state index contributed by atoms with van der Waals surface area (Å²) in [5.74, 6) is 0. The Morgan fingerprint density at radius 3 is 2.62 bits per heavy atom. The van der Waals surface area contributed by atoms with Gasteiger partial charge in [0.1, 0.15) is 4.70 Å². The largest absolute Gasteiger partial charge is 0.416 e. The first-order valence-electron chi connectivity index (χ1n) is 10.0. The fourth-order valence-electron chi connectivity index (χ4n) is 1.86. The van der Waals surface area contributed by atoms with Gasteiger partial charge >= 0.3 is 6.18 Å². The highest BCUT2D eigenvalue weighted by Crippen LogP contribution is 2.38. The minimum atomic E-state index is -5.05. The maximum absolute atomic E-state index is 13.1. The number of hydrogen-bond donors (Lipinski definition) is 1. The number of halogens is 3. The summed E-state index contributed by atoms with van der Waals surface area (Å²) in [4.78, 5) is 25.8. The lowest BCUT2D eigenvalue weighted by Gasteiger charge is -2.27. The molecule has 2 aromatic rings. The molecule has 11 heteroatoms. The number of non-ortho nitro benzene ring substituents is 1. The normalized spacial score (nSPS) is 29.0. The van der Waals surface area contributed by atoms with Crippen LogP contribution in [0.15, 0.2) is 16.9 Å². The van der Waals surface area contributed by atoms with Gasteiger partial charge in [0, 0.05) is 37.5 Å². The van der Waals surface area contributed by atoms with Crippen LogP contribution in [0, 0.1) is 10.1 Å². The summed E-state index contributed by atoms with van der Waals surface area (Å²) in [6.07, 6.45) is -5.05. The number of nitro groups is 1. The van der Waals surface area contributed by atoms with Crippen molar-refractivity contribution in [3.63, 3.8) is 0 Å². The number of nitro benzene ring substituents is 1. The first-order chi connectivity index (χ1) is 14.2. The highest BCUT2D eigenvalue weighted by atomic mass is 32.1. The van der Waals surface area contributed by atoms with Crippen molar-refractivity contribution in [1.29, 1.82) is 0 Å². The van der Waals surface area contributed by atoms with E-state index in [1.54, 1.807) is 5.32 Å². The molecule has 0 spiro atoms. The molecule has 2 heterocycles. The first-order valence-corrected chi connectivity index (χ1v) is 6.86. The average molecular weight is 368 g/mol. The molecule has 1 aliphatic heterocycles. The molecule has 0 amide bonds. The van der Waals surface area contributed by atoms with E-state index in [0.717, 1.165) is 0 Å². The molecule has 7 nitrogen and oxygen atoms in total. The summed E-state index contributed by atoms with van der Waals surface area (Å²) in [6.45, 7) is -13.3. The third kappa shape index (κ3) is 3.04. The molecule has 0 bridgehead atoms. The summed E-state index contributed by atoms with van der Waals surface area (Å²) < 4.78 is 102. The predicted molar refractivity (Wildman–Crippen MR) is 82.6 cm³/mol. The van der Waals surface area contributed by atoms with Gasteiger partial charge in [-0.3, -0.25) is 14.9 Å². The molecule has 0 aliphatic carbocycles. The van der Waals surface area contributed by atoms with Crippen molar-refractivity contribution in [3.05, 3.63) is 38.2 Å². The summed E-state index contributed by atoms with van der Waals surface area (Å²) >= 11 is 0.0526. The molecule has 1 aromatic heterocycles. The molecule has 1 aliphatic rings.